The quantitative estimate of drug-likeness (QED) is 0.752. The average Bonchev–Trinajstić information content (AvgIpc) is 2.48. The normalized spacial score (nSPS) is 11.1. The first-order chi connectivity index (χ1) is 6.22. The summed E-state index contributed by atoms with van der Waals surface area (Å²) in [5.74, 6) is 1.47. The highest BCUT2D eigenvalue weighted by Gasteiger charge is 2.05. The van der Waals surface area contributed by atoms with Gasteiger partial charge in [-0.3, -0.25) is 0 Å². The van der Waals surface area contributed by atoms with Gasteiger partial charge in [-0.25, -0.2) is 4.98 Å². The molecule has 3 heteroatoms. The first kappa shape index (κ1) is 10.3. The van der Waals surface area contributed by atoms with Crippen molar-refractivity contribution in [2.24, 2.45) is 5.92 Å². The number of oxazole rings is 1. The summed E-state index contributed by atoms with van der Waals surface area (Å²) in [5.41, 5.74) is 1.05. The fourth-order valence-electron chi connectivity index (χ4n) is 1.16. The summed E-state index contributed by atoms with van der Waals surface area (Å²) in [5, 5.41) is 3.08. The van der Waals surface area contributed by atoms with Crippen molar-refractivity contribution < 1.29 is 4.42 Å². The van der Waals surface area contributed by atoms with Crippen LogP contribution in [0, 0.1) is 5.92 Å². The molecule has 0 saturated heterocycles. The summed E-state index contributed by atoms with van der Waals surface area (Å²) < 4.78 is 5.33. The Balaban J connectivity index is 2.44. The van der Waals surface area contributed by atoms with E-state index in [0.29, 0.717) is 5.92 Å². The monoisotopic (exact) mass is 182 g/mol. The zero-order chi connectivity index (χ0) is 9.68. The van der Waals surface area contributed by atoms with E-state index in [1.807, 2.05) is 7.05 Å². The van der Waals surface area contributed by atoms with Crippen LogP contribution in [0.3, 0.4) is 0 Å². The first-order valence-corrected chi connectivity index (χ1v) is 4.80. The molecule has 0 saturated carbocycles. The van der Waals surface area contributed by atoms with Gasteiger partial charge in [0.05, 0.1) is 5.69 Å². The molecule has 74 valence electrons. The maximum Gasteiger partial charge on any atom is 0.194 e. The molecule has 0 aliphatic rings. The summed E-state index contributed by atoms with van der Waals surface area (Å²) >= 11 is 0. The number of nitrogens with one attached hydrogen (secondary N) is 1. The van der Waals surface area contributed by atoms with Crippen LogP contribution in [0.2, 0.25) is 0 Å². The summed E-state index contributed by atoms with van der Waals surface area (Å²) in [6.07, 6.45) is 3.63. The molecule has 1 aromatic heterocycles. The molecule has 1 rings (SSSR count). The van der Waals surface area contributed by atoms with Crippen molar-refractivity contribution in [2.45, 2.75) is 26.7 Å². The van der Waals surface area contributed by atoms with Crippen LogP contribution in [0.15, 0.2) is 10.7 Å². The van der Waals surface area contributed by atoms with Crippen LogP contribution in [0.5, 0.6) is 0 Å². The Bertz CT molecular complexity index is 243. The highest BCUT2D eigenvalue weighted by atomic mass is 16.3. The molecular formula is C10H18N2O. The van der Waals surface area contributed by atoms with Gasteiger partial charge in [0.25, 0.3) is 0 Å². The van der Waals surface area contributed by atoms with E-state index in [-0.39, 0.29) is 0 Å². The molecule has 0 aliphatic heterocycles. The molecule has 1 N–H and O–H groups in total. The van der Waals surface area contributed by atoms with Crippen LogP contribution in [-0.2, 0) is 12.8 Å². The molecule has 3 nitrogen and oxygen atoms in total. The fraction of sp³-hybridized carbons (Fsp3) is 0.700. The molecule has 0 aliphatic carbocycles. The zero-order valence-electron chi connectivity index (χ0n) is 8.63. The van der Waals surface area contributed by atoms with Gasteiger partial charge < -0.3 is 9.73 Å². The molecule has 1 aromatic rings. The molecule has 0 fully saturated rings. The van der Waals surface area contributed by atoms with Crippen molar-refractivity contribution in [2.75, 3.05) is 13.6 Å². The number of hydrogen-bond acceptors (Lipinski definition) is 3. The minimum absolute atomic E-state index is 0.607. The second kappa shape index (κ2) is 5.02. The van der Waals surface area contributed by atoms with Crippen molar-refractivity contribution in [3.8, 4) is 0 Å². The van der Waals surface area contributed by atoms with Crippen LogP contribution in [0.1, 0.15) is 25.4 Å². The summed E-state index contributed by atoms with van der Waals surface area (Å²) in [4.78, 5) is 4.38. The minimum Gasteiger partial charge on any atom is -0.449 e. The molecule has 0 spiro atoms. The van der Waals surface area contributed by atoms with Gasteiger partial charge in [-0.2, -0.15) is 0 Å². The smallest absolute Gasteiger partial charge is 0.194 e. The zero-order valence-corrected chi connectivity index (χ0v) is 8.63. The molecule has 0 radical (unpaired) electrons. The Hall–Kier alpha value is -0.830. The summed E-state index contributed by atoms with van der Waals surface area (Å²) in [6, 6.07) is 0. The number of likely N-dealkylation sites (N-methyl/N-ethyl adjacent to an activating group) is 1. The maximum absolute atomic E-state index is 5.33. The van der Waals surface area contributed by atoms with Gasteiger partial charge in [0.1, 0.15) is 6.26 Å². The summed E-state index contributed by atoms with van der Waals surface area (Å²) in [7, 11) is 1.94. The topological polar surface area (TPSA) is 38.1 Å². The number of rotatable bonds is 5. The van der Waals surface area contributed by atoms with Crippen molar-refractivity contribution in [1.29, 1.82) is 0 Å². The number of aromatic nitrogens is 1. The Morgan fingerprint density at radius 1 is 1.54 bits per heavy atom. The van der Waals surface area contributed by atoms with Gasteiger partial charge >= 0.3 is 0 Å². The third-order valence-corrected chi connectivity index (χ3v) is 1.81. The van der Waals surface area contributed by atoms with E-state index in [1.165, 1.54) is 0 Å². The highest BCUT2D eigenvalue weighted by molar-refractivity contribution is 4.97. The van der Waals surface area contributed by atoms with Crippen LogP contribution in [0.4, 0.5) is 0 Å². The average molecular weight is 182 g/mol. The Morgan fingerprint density at radius 2 is 2.31 bits per heavy atom. The SMILES string of the molecule is CNCCc1coc(CC(C)C)n1. The van der Waals surface area contributed by atoms with Gasteiger partial charge in [0.2, 0.25) is 0 Å². The number of hydrogen-bond donors (Lipinski definition) is 1. The highest BCUT2D eigenvalue weighted by Crippen LogP contribution is 2.08. The van der Waals surface area contributed by atoms with Gasteiger partial charge in [0.15, 0.2) is 5.89 Å². The molecule has 0 aromatic carbocycles. The molecule has 13 heavy (non-hydrogen) atoms. The van der Waals surface area contributed by atoms with Gasteiger partial charge in [-0.15, -0.1) is 0 Å². The first-order valence-electron chi connectivity index (χ1n) is 4.80. The second-order valence-corrected chi connectivity index (χ2v) is 3.68. The minimum atomic E-state index is 0.607. The van der Waals surface area contributed by atoms with E-state index in [1.54, 1.807) is 6.26 Å². The Kier molecular flexibility index (Phi) is 3.96. The standard InChI is InChI=1S/C10H18N2O/c1-8(2)6-10-12-9(7-13-10)4-5-11-3/h7-8,11H,4-6H2,1-3H3. The molecule has 0 atom stereocenters. The van der Waals surface area contributed by atoms with E-state index in [4.69, 9.17) is 4.42 Å². The molecule has 0 unspecified atom stereocenters. The van der Waals surface area contributed by atoms with Crippen LogP contribution in [0.25, 0.3) is 0 Å². The summed E-state index contributed by atoms with van der Waals surface area (Å²) in [6.45, 7) is 5.28. The molecule has 0 bridgehead atoms. The molecular weight excluding hydrogens is 164 g/mol. The predicted octanol–water partition coefficient (Wildman–Crippen LogP) is 1.64. The third kappa shape index (κ3) is 3.59. The lowest BCUT2D eigenvalue weighted by molar-refractivity contribution is 0.457. The Labute approximate surface area is 79.5 Å². The van der Waals surface area contributed by atoms with E-state index in [2.05, 4.69) is 24.1 Å². The van der Waals surface area contributed by atoms with Gasteiger partial charge in [-0.1, -0.05) is 13.8 Å². The second-order valence-electron chi connectivity index (χ2n) is 3.68. The lowest BCUT2D eigenvalue weighted by atomic mass is 10.1. The van der Waals surface area contributed by atoms with E-state index in [9.17, 15) is 0 Å². The van der Waals surface area contributed by atoms with Gasteiger partial charge in [-0.05, 0) is 13.0 Å². The Morgan fingerprint density at radius 3 is 2.92 bits per heavy atom. The van der Waals surface area contributed by atoms with Gasteiger partial charge in [0, 0.05) is 19.4 Å². The predicted molar refractivity (Wildman–Crippen MR) is 52.7 cm³/mol. The fourth-order valence-corrected chi connectivity index (χ4v) is 1.16. The number of nitrogens with zero attached hydrogens (tertiary/aromatic N) is 1. The van der Waals surface area contributed by atoms with E-state index < -0.39 is 0 Å². The lowest BCUT2D eigenvalue weighted by Crippen LogP contribution is -2.10. The molecule has 1 heterocycles. The van der Waals surface area contributed by atoms with Crippen molar-refractivity contribution >= 4 is 0 Å². The molecule has 0 amide bonds. The van der Waals surface area contributed by atoms with Crippen molar-refractivity contribution in [1.82, 2.24) is 10.3 Å². The van der Waals surface area contributed by atoms with Crippen LogP contribution >= 0.6 is 0 Å². The van der Waals surface area contributed by atoms with Crippen molar-refractivity contribution in [3.63, 3.8) is 0 Å². The van der Waals surface area contributed by atoms with Crippen LogP contribution < -0.4 is 5.32 Å². The van der Waals surface area contributed by atoms with E-state index in [0.717, 1.165) is 31.0 Å². The maximum atomic E-state index is 5.33. The lowest BCUT2D eigenvalue weighted by Gasteiger charge is -1.97. The van der Waals surface area contributed by atoms with Crippen LogP contribution in [-0.4, -0.2) is 18.6 Å². The third-order valence-electron chi connectivity index (χ3n) is 1.81. The van der Waals surface area contributed by atoms with Crippen molar-refractivity contribution in [3.05, 3.63) is 17.8 Å². The largest absolute Gasteiger partial charge is 0.449 e. The van der Waals surface area contributed by atoms with E-state index >= 15 is 0 Å².